The smallest absolute Gasteiger partial charge is 0.406 e. The lowest BCUT2D eigenvalue weighted by Crippen LogP contribution is -2.46. The summed E-state index contributed by atoms with van der Waals surface area (Å²) < 4.78 is 44.0. The van der Waals surface area contributed by atoms with Gasteiger partial charge in [0.25, 0.3) is 5.91 Å². The van der Waals surface area contributed by atoms with Gasteiger partial charge in [-0.2, -0.15) is 0 Å². The van der Waals surface area contributed by atoms with Crippen LogP contribution in [0.15, 0.2) is 43.0 Å². The molecular weight excluding hydrogens is 473 g/mol. The molecule has 8 nitrogen and oxygen atoms in total. The van der Waals surface area contributed by atoms with Crippen LogP contribution in [0.25, 0.3) is 22.6 Å². The summed E-state index contributed by atoms with van der Waals surface area (Å²) in [6, 6.07) is 6.07. The van der Waals surface area contributed by atoms with E-state index in [1.807, 2.05) is 4.90 Å². The Hall–Kier alpha value is -3.47. The first-order chi connectivity index (χ1) is 17.3. The Labute approximate surface area is 206 Å². The van der Waals surface area contributed by atoms with E-state index in [2.05, 4.69) is 24.6 Å². The van der Waals surface area contributed by atoms with E-state index < -0.39 is 6.36 Å². The number of hydrogen-bond acceptors (Lipinski definition) is 6. The van der Waals surface area contributed by atoms with Crippen LogP contribution in [0.3, 0.4) is 0 Å². The first-order valence-corrected chi connectivity index (χ1v) is 12.0. The predicted octanol–water partition coefficient (Wildman–Crippen LogP) is 4.14. The molecule has 2 saturated heterocycles. The van der Waals surface area contributed by atoms with Gasteiger partial charge in [0.1, 0.15) is 29.3 Å². The number of carbonyl (C=O) groups excluding carboxylic acids is 1. The van der Waals surface area contributed by atoms with Crippen LogP contribution in [-0.2, 0) is 7.05 Å². The van der Waals surface area contributed by atoms with Gasteiger partial charge >= 0.3 is 6.36 Å². The highest BCUT2D eigenvalue weighted by molar-refractivity contribution is 5.99. The quantitative estimate of drug-likeness (QED) is 0.524. The molecule has 1 aromatic carbocycles. The Kier molecular flexibility index (Phi) is 6.65. The average molecular weight is 501 g/mol. The Morgan fingerprint density at radius 1 is 1.03 bits per heavy atom. The molecule has 0 N–H and O–H groups in total. The van der Waals surface area contributed by atoms with Crippen LogP contribution in [0.1, 0.15) is 36.2 Å². The summed E-state index contributed by atoms with van der Waals surface area (Å²) in [5, 5.41) is 0. The van der Waals surface area contributed by atoms with Gasteiger partial charge in [0.2, 0.25) is 0 Å². The van der Waals surface area contributed by atoms with E-state index in [1.165, 1.54) is 37.4 Å². The highest BCUT2D eigenvalue weighted by Gasteiger charge is 2.33. The van der Waals surface area contributed by atoms with Crippen molar-refractivity contribution in [1.82, 2.24) is 29.3 Å². The zero-order chi connectivity index (χ0) is 25.3. The van der Waals surface area contributed by atoms with E-state index in [9.17, 15) is 18.0 Å². The van der Waals surface area contributed by atoms with Crippen molar-refractivity contribution in [2.75, 3.05) is 26.2 Å². The Morgan fingerprint density at radius 3 is 2.39 bits per heavy atom. The molecule has 2 aliphatic rings. The van der Waals surface area contributed by atoms with Gasteiger partial charge < -0.3 is 19.1 Å². The van der Waals surface area contributed by atoms with Gasteiger partial charge in [0.05, 0.1) is 0 Å². The minimum atomic E-state index is -4.81. The van der Waals surface area contributed by atoms with Gasteiger partial charge in [-0.1, -0.05) is 12.1 Å². The number of imidazole rings is 1. The number of ether oxygens (including phenoxy) is 1. The van der Waals surface area contributed by atoms with Crippen LogP contribution < -0.4 is 4.74 Å². The second kappa shape index (κ2) is 9.88. The Bertz CT molecular complexity index is 1220. The minimum absolute atomic E-state index is 0.169. The van der Waals surface area contributed by atoms with Crippen LogP contribution in [0.2, 0.25) is 0 Å². The highest BCUT2D eigenvalue weighted by atomic mass is 19.4. The number of alkyl halides is 3. The van der Waals surface area contributed by atoms with Crippen molar-refractivity contribution in [3.8, 4) is 28.4 Å². The average Bonchev–Trinajstić information content (AvgIpc) is 3.52. The maximum Gasteiger partial charge on any atom is 0.573 e. The lowest BCUT2D eigenvalue weighted by Gasteiger charge is -2.36. The van der Waals surface area contributed by atoms with Gasteiger partial charge in [0, 0.05) is 49.7 Å². The van der Waals surface area contributed by atoms with Gasteiger partial charge in [-0.05, 0) is 50.9 Å². The molecule has 2 aromatic heterocycles. The molecule has 2 fully saturated rings. The third-order valence-corrected chi connectivity index (χ3v) is 6.87. The van der Waals surface area contributed by atoms with Crippen molar-refractivity contribution in [2.45, 2.75) is 38.1 Å². The molecule has 0 unspecified atom stereocenters. The van der Waals surface area contributed by atoms with Crippen molar-refractivity contribution >= 4 is 5.91 Å². The van der Waals surface area contributed by atoms with Crippen molar-refractivity contribution in [1.29, 1.82) is 0 Å². The normalized spacial score (nSPS) is 17.5. The van der Waals surface area contributed by atoms with E-state index in [1.54, 1.807) is 30.1 Å². The number of halogens is 3. The number of nitrogens with zero attached hydrogens (tertiary/aromatic N) is 6. The SMILES string of the molecule is Cn1c(-c2cccc(OC(F)(F)F)c2)nc(-c2cncnc2)c1C(=O)N1CCC(N2CCCC2)CC1. The maximum absolute atomic E-state index is 13.8. The predicted molar refractivity (Wildman–Crippen MR) is 126 cm³/mol. The fourth-order valence-electron chi connectivity index (χ4n) is 5.15. The molecular formula is C25H27F3N6O2. The Balaban J connectivity index is 1.47. The summed E-state index contributed by atoms with van der Waals surface area (Å²) in [6.45, 7) is 3.53. The van der Waals surface area contributed by atoms with E-state index in [0.29, 0.717) is 47.5 Å². The summed E-state index contributed by atoms with van der Waals surface area (Å²) in [7, 11) is 1.69. The summed E-state index contributed by atoms with van der Waals surface area (Å²) in [5.74, 6) is -0.182. The summed E-state index contributed by atoms with van der Waals surface area (Å²) in [4.78, 5) is 30.9. The number of carbonyl (C=O) groups is 1. The van der Waals surface area contributed by atoms with E-state index in [4.69, 9.17) is 0 Å². The molecule has 0 bridgehead atoms. The van der Waals surface area contributed by atoms with Gasteiger partial charge in [-0.25, -0.2) is 15.0 Å². The lowest BCUT2D eigenvalue weighted by atomic mass is 10.0. The van der Waals surface area contributed by atoms with Crippen LogP contribution >= 0.6 is 0 Å². The third-order valence-electron chi connectivity index (χ3n) is 6.87. The van der Waals surface area contributed by atoms with Crippen LogP contribution in [-0.4, -0.2) is 73.8 Å². The second-order valence-electron chi connectivity index (χ2n) is 9.16. The third kappa shape index (κ3) is 5.06. The minimum Gasteiger partial charge on any atom is -0.406 e. The number of piperidine rings is 1. The number of amides is 1. The molecule has 36 heavy (non-hydrogen) atoms. The standard InChI is InChI=1S/C25H27F3N6O2/c1-32-22(24(35)34-11-7-19(8-12-34)33-9-2-3-10-33)21(18-14-29-16-30-15-18)31-23(32)17-5-4-6-20(13-17)36-25(26,27)28/h4-6,13-16,19H,2-3,7-12H2,1H3. The molecule has 190 valence electrons. The number of rotatable bonds is 5. The van der Waals surface area contributed by atoms with Crippen molar-refractivity contribution in [3.63, 3.8) is 0 Å². The molecule has 11 heteroatoms. The topological polar surface area (TPSA) is 76.4 Å². The summed E-state index contributed by atoms with van der Waals surface area (Å²) in [5.41, 5.74) is 1.69. The summed E-state index contributed by atoms with van der Waals surface area (Å²) in [6.07, 6.45) is 4.00. The Morgan fingerprint density at radius 2 is 1.72 bits per heavy atom. The zero-order valence-electron chi connectivity index (χ0n) is 19.9. The molecule has 0 radical (unpaired) electrons. The molecule has 5 rings (SSSR count). The second-order valence-corrected chi connectivity index (χ2v) is 9.16. The van der Waals surface area contributed by atoms with E-state index in [0.717, 1.165) is 25.9 Å². The fourth-order valence-corrected chi connectivity index (χ4v) is 5.15. The van der Waals surface area contributed by atoms with Crippen LogP contribution in [0.5, 0.6) is 5.75 Å². The summed E-state index contributed by atoms with van der Waals surface area (Å²) >= 11 is 0. The molecule has 0 aliphatic carbocycles. The fraction of sp³-hybridized carbons (Fsp3) is 0.440. The van der Waals surface area contributed by atoms with Crippen LogP contribution in [0.4, 0.5) is 13.2 Å². The maximum atomic E-state index is 13.8. The van der Waals surface area contributed by atoms with Gasteiger partial charge in [-0.15, -0.1) is 13.2 Å². The molecule has 1 amide bonds. The number of benzene rings is 1. The first kappa shape index (κ1) is 24.2. The molecule has 0 saturated carbocycles. The number of likely N-dealkylation sites (tertiary alicyclic amines) is 2. The van der Waals surface area contributed by atoms with Crippen molar-refractivity contribution in [3.05, 3.63) is 48.7 Å². The van der Waals surface area contributed by atoms with E-state index in [-0.39, 0.29) is 11.7 Å². The van der Waals surface area contributed by atoms with E-state index >= 15 is 0 Å². The largest absolute Gasteiger partial charge is 0.573 e. The van der Waals surface area contributed by atoms with Crippen molar-refractivity contribution in [2.24, 2.45) is 7.05 Å². The zero-order valence-corrected chi connectivity index (χ0v) is 19.9. The monoisotopic (exact) mass is 500 g/mol. The highest BCUT2D eigenvalue weighted by Crippen LogP contribution is 2.32. The number of aromatic nitrogens is 4. The molecule has 4 heterocycles. The van der Waals surface area contributed by atoms with Crippen LogP contribution in [0, 0.1) is 0 Å². The molecule has 0 spiro atoms. The molecule has 3 aromatic rings. The first-order valence-electron chi connectivity index (χ1n) is 12.0. The van der Waals surface area contributed by atoms with Crippen molar-refractivity contribution < 1.29 is 22.7 Å². The van der Waals surface area contributed by atoms with Gasteiger partial charge in [-0.3, -0.25) is 4.79 Å². The molecule has 2 aliphatic heterocycles. The molecule has 0 atom stereocenters. The number of hydrogen-bond donors (Lipinski definition) is 0. The lowest BCUT2D eigenvalue weighted by molar-refractivity contribution is -0.274. The van der Waals surface area contributed by atoms with Gasteiger partial charge in [0.15, 0.2) is 0 Å².